The van der Waals surface area contributed by atoms with Crippen LogP contribution in [0.2, 0.25) is 0 Å². The summed E-state index contributed by atoms with van der Waals surface area (Å²) in [4.78, 5) is 23.7. The Morgan fingerprint density at radius 3 is 2.75 bits per heavy atom. The van der Waals surface area contributed by atoms with E-state index in [4.69, 9.17) is 0 Å². The number of benzene rings is 1. The Labute approximate surface area is 118 Å². The van der Waals surface area contributed by atoms with Gasteiger partial charge in [-0.25, -0.2) is 4.79 Å². The highest BCUT2D eigenvalue weighted by Crippen LogP contribution is 2.28. The summed E-state index contributed by atoms with van der Waals surface area (Å²) in [5.41, 5.74) is 0.857. The highest BCUT2D eigenvalue weighted by molar-refractivity contribution is 6.02. The molecule has 1 fully saturated rings. The smallest absolute Gasteiger partial charge is 0.337 e. The summed E-state index contributed by atoms with van der Waals surface area (Å²) < 4.78 is 0. The Bertz CT molecular complexity index is 534. The summed E-state index contributed by atoms with van der Waals surface area (Å²) in [6.07, 6.45) is 1.75. The molecular weight excluding hydrogens is 256 g/mol. The van der Waals surface area contributed by atoms with Crippen molar-refractivity contribution < 1.29 is 14.7 Å². The van der Waals surface area contributed by atoms with Crippen molar-refractivity contribution in [1.82, 2.24) is 5.32 Å². The molecule has 0 bridgehead atoms. The Morgan fingerprint density at radius 2 is 2.15 bits per heavy atom. The van der Waals surface area contributed by atoms with Gasteiger partial charge in [-0.2, -0.15) is 0 Å². The van der Waals surface area contributed by atoms with E-state index >= 15 is 0 Å². The predicted octanol–water partition coefficient (Wildman–Crippen LogP) is 2.02. The summed E-state index contributed by atoms with van der Waals surface area (Å²) in [5, 5.41) is 15.2. The minimum absolute atomic E-state index is 0.129. The third-order valence-electron chi connectivity index (χ3n) is 3.80. The Morgan fingerprint density at radius 1 is 1.40 bits per heavy atom. The number of aryl methyl sites for hydroxylation is 1. The van der Waals surface area contributed by atoms with E-state index in [1.54, 1.807) is 18.2 Å². The van der Waals surface area contributed by atoms with Crippen LogP contribution >= 0.6 is 0 Å². The first-order chi connectivity index (χ1) is 9.42. The fraction of sp³-hybridized carbons (Fsp3) is 0.467. The van der Waals surface area contributed by atoms with E-state index in [2.05, 4.69) is 10.6 Å². The lowest BCUT2D eigenvalue weighted by molar-refractivity contribution is -0.125. The van der Waals surface area contributed by atoms with Gasteiger partial charge in [0.05, 0.1) is 16.7 Å². The van der Waals surface area contributed by atoms with Gasteiger partial charge < -0.3 is 15.7 Å². The number of amides is 1. The first-order valence-corrected chi connectivity index (χ1v) is 6.78. The normalized spacial score (nSPS) is 22.3. The highest BCUT2D eigenvalue weighted by Gasteiger charge is 2.35. The monoisotopic (exact) mass is 276 g/mol. The van der Waals surface area contributed by atoms with E-state index in [1.807, 2.05) is 13.8 Å². The zero-order valence-electron chi connectivity index (χ0n) is 11.8. The van der Waals surface area contributed by atoms with Crippen molar-refractivity contribution in [3.63, 3.8) is 0 Å². The van der Waals surface area contributed by atoms with Gasteiger partial charge in [-0.3, -0.25) is 4.79 Å². The zero-order valence-corrected chi connectivity index (χ0v) is 11.8. The lowest BCUT2D eigenvalue weighted by Crippen LogP contribution is -2.46. The molecule has 0 aliphatic carbocycles. The van der Waals surface area contributed by atoms with Gasteiger partial charge in [-0.15, -0.1) is 0 Å². The number of rotatable bonds is 3. The summed E-state index contributed by atoms with van der Waals surface area (Å²) in [6, 6.07) is 5.01. The van der Waals surface area contributed by atoms with E-state index in [0.29, 0.717) is 12.2 Å². The van der Waals surface area contributed by atoms with Crippen molar-refractivity contribution in [2.45, 2.75) is 26.7 Å². The average molecular weight is 276 g/mol. The molecule has 1 aromatic rings. The second-order valence-electron chi connectivity index (χ2n) is 5.65. The molecule has 1 heterocycles. The lowest BCUT2D eigenvalue weighted by Gasteiger charge is -2.32. The van der Waals surface area contributed by atoms with Crippen molar-refractivity contribution in [2.75, 3.05) is 18.4 Å². The van der Waals surface area contributed by atoms with Gasteiger partial charge >= 0.3 is 5.97 Å². The molecule has 1 atom stereocenters. The van der Waals surface area contributed by atoms with Crippen molar-refractivity contribution in [3.05, 3.63) is 29.3 Å². The first-order valence-electron chi connectivity index (χ1n) is 6.78. The Balaban J connectivity index is 2.21. The van der Waals surface area contributed by atoms with E-state index in [9.17, 15) is 14.7 Å². The van der Waals surface area contributed by atoms with E-state index in [0.717, 1.165) is 24.9 Å². The van der Waals surface area contributed by atoms with Crippen LogP contribution in [-0.4, -0.2) is 30.1 Å². The highest BCUT2D eigenvalue weighted by atomic mass is 16.4. The van der Waals surface area contributed by atoms with Gasteiger partial charge in [-0.05, 0) is 45.4 Å². The van der Waals surface area contributed by atoms with Gasteiger partial charge in [-0.1, -0.05) is 11.6 Å². The number of hydrogen-bond donors (Lipinski definition) is 3. The zero-order chi connectivity index (χ0) is 14.8. The van der Waals surface area contributed by atoms with Gasteiger partial charge in [0.15, 0.2) is 0 Å². The maximum absolute atomic E-state index is 12.4. The maximum atomic E-state index is 12.4. The largest absolute Gasteiger partial charge is 0.478 e. The Hall–Kier alpha value is -1.88. The molecule has 3 N–H and O–H groups in total. The molecule has 1 aromatic carbocycles. The molecule has 0 aromatic heterocycles. The van der Waals surface area contributed by atoms with Gasteiger partial charge in [0.2, 0.25) is 5.91 Å². The third-order valence-corrected chi connectivity index (χ3v) is 3.80. The maximum Gasteiger partial charge on any atom is 0.337 e. The van der Waals surface area contributed by atoms with Crippen LogP contribution in [0.25, 0.3) is 0 Å². The standard InChI is InChI=1S/C15H20N2O3/c1-10-4-5-12(11(8-10)13(18)19)17-14(20)15(2)6-3-7-16-9-15/h4-5,8,16H,3,6-7,9H2,1-2H3,(H,17,20)(H,18,19). The lowest BCUT2D eigenvalue weighted by atomic mass is 9.82. The van der Waals surface area contributed by atoms with Crippen LogP contribution in [0.5, 0.6) is 0 Å². The second kappa shape index (κ2) is 5.63. The number of hydrogen-bond acceptors (Lipinski definition) is 3. The molecule has 108 valence electrons. The van der Waals surface area contributed by atoms with Crippen LogP contribution in [-0.2, 0) is 4.79 Å². The molecule has 5 heteroatoms. The molecule has 1 amide bonds. The molecular formula is C15H20N2O3. The van der Waals surface area contributed by atoms with Crippen LogP contribution in [0, 0.1) is 12.3 Å². The van der Waals surface area contributed by atoms with Crippen LogP contribution in [0.1, 0.15) is 35.7 Å². The molecule has 5 nitrogen and oxygen atoms in total. The van der Waals surface area contributed by atoms with Crippen LogP contribution in [0.3, 0.4) is 0 Å². The van der Waals surface area contributed by atoms with Crippen LogP contribution in [0.4, 0.5) is 5.69 Å². The number of nitrogens with one attached hydrogen (secondary N) is 2. The molecule has 0 radical (unpaired) electrons. The number of carbonyl (C=O) groups excluding carboxylic acids is 1. The summed E-state index contributed by atoms with van der Waals surface area (Å²) in [7, 11) is 0. The first kappa shape index (κ1) is 14.5. The van der Waals surface area contributed by atoms with E-state index < -0.39 is 11.4 Å². The molecule has 1 aliphatic rings. The van der Waals surface area contributed by atoms with E-state index in [1.165, 1.54) is 0 Å². The number of carboxylic acid groups (broad SMARTS) is 1. The predicted molar refractivity (Wildman–Crippen MR) is 77.0 cm³/mol. The molecule has 1 saturated heterocycles. The van der Waals surface area contributed by atoms with Crippen molar-refractivity contribution in [2.24, 2.45) is 5.41 Å². The minimum Gasteiger partial charge on any atom is -0.478 e. The number of carboxylic acids is 1. The molecule has 20 heavy (non-hydrogen) atoms. The topological polar surface area (TPSA) is 78.4 Å². The summed E-state index contributed by atoms with van der Waals surface area (Å²) in [6.45, 7) is 5.27. The van der Waals surface area contributed by atoms with Crippen LogP contribution in [0.15, 0.2) is 18.2 Å². The SMILES string of the molecule is Cc1ccc(NC(=O)C2(C)CCCNC2)c(C(=O)O)c1. The average Bonchev–Trinajstić information content (AvgIpc) is 2.41. The summed E-state index contributed by atoms with van der Waals surface area (Å²) >= 11 is 0. The molecule has 0 spiro atoms. The molecule has 1 unspecified atom stereocenters. The van der Waals surface area contributed by atoms with E-state index in [-0.39, 0.29) is 11.5 Å². The summed E-state index contributed by atoms with van der Waals surface area (Å²) in [5.74, 6) is -1.16. The molecule has 0 saturated carbocycles. The third kappa shape index (κ3) is 2.99. The van der Waals surface area contributed by atoms with Crippen molar-refractivity contribution in [1.29, 1.82) is 0 Å². The number of aromatic carboxylic acids is 1. The second-order valence-corrected chi connectivity index (χ2v) is 5.65. The van der Waals surface area contributed by atoms with Crippen LogP contribution < -0.4 is 10.6 Å². The fourth-order valence-electron chi connectivity index (χ4n) is 2.47. The number of piperidine rings is 1. The molecule has 2 rings (SSSR count). The van der Waals surface area contributed by atoms with Crippen molar-refractivity contribution >= 4 is 17.6 Å². The van der Waals surface area contributed by atoms with Gasteiger partial charge in [0.1, 0.15) is 0 Å². The number of carbonyl (C=O) groups is 2. The van der Waals surface area contributed by atoms with Gasteiger partial charge in [0.25, 0.3) is 0 Å². The Kier molecular flexibility index (Phi) is 4.09. The fourth-order valence-corrected chi connectivity index (χ4v) is 2.47. The van der Waals surface area contributed by atoms with Gasteiger partial charge in [0, 0.05) is 6.54 Å². The minimum atomic E-state index is -1.03. The molecule has 1 aliphatic heterocycles. The quantitative estimate of drug-likeness (QED) is 0.789. The van der Waals surface area contributed by atoms with Crippen molar-refractivity contribution in [3.8, 4) is 0 Å². The number of anilines is 1.